The zero-order valence-electron chi connectivity index (χ0n) is 12.9. The first-order chi connectivity index (χ1) is 11.4. The lowest BCUT2D eigenvalue weighted by Gasteiger charge is -2.09. The predicted molar refractivity (Wildman–Crippen MR) is 87.1 cm³/mol. The van der Waals surface area contributed by atoms with Crippen LogP contribution in [-0.4, -0.2) is 21.7 Å². The summed E-state index contributed by atoms with van der Waals surface area (Å²) in [5.41, 5.74) is 1.84. The van der Waals surface area contributed by atoms with E-state index in [-0.39, 0.29) is 0 Å². The van der Waals surface area contributed by atoms with Gasteiger partial charge in [0.1, 0.15) is 0 Å². The summed E-state index contributed by atoms with van der Waals surface area (Å²) in [5, 5.41) is 7.07. The molecule has 2 aromatic heterocycles. The van der Waals surface area contributed by atoms with Crippen molar-refractivity contribution >= 4 is 5.95 Å². The summed E-state index contributed by atoms with van der Waals surface area (Å²) in [4.78, 5) is 8.59. The molecule has 3 aromatic rings. The molecule has 0 bridgehead atoms. The molecule has 1 aromatic carbocycles. The Morgan fingerprint density at radius 1 is 1.13 bits per heavy atom. The Balaban J connectivity index is 1.66. The van der Waals surface area contributed by atoms with Crippen molar-refractivity contribution in [3.8, 4) is 17.3 Å². The number of nitrogens with one attached hydrogen (secondary N) is 1. The number of anilines is 1. The van der Waals surface area contributed by atoms with E-state index in [2.05, 4.69) is 27.4 Å². The number of rotatable bonds is 7. The van der Waals surface area contributed by atoms with Crippen molar-refractivity contribution in [3.63, 3.8) is 0 Å². The van der Waals surface area contributed by atoms with Gasteiger partial charge >= 0.3 is 0 Å². The quantitative estimate of drug-likeness (QED) is 0.719. The van der Waals surface area contributed by atoms with E-state index in [1.807, 2.05) is 42.5 Å². The molecule has 1 N–H and O–H groups in total. The molecule has 6 heteroatoms. The molecule has 0 atom stereocenters. The summed E-state index contributed by atoms with van der Waals surface area (Å²) in [6.45, 7) is 3.22. The highest BCUT2D eigenvalue weighted by molar-refractivity contribution is 5.53. The van der Waals surface area contributed by atoms with Gasteiger partial charge in [-0.2, -0.15) is 4.98 Å². The van der Waals surface area contributed by atoms with E-state index in [1.165, 1.54) is 0 Å². The molecule has 0 amide bonds. The number of ether oxygens (including phenoxy) is 1. The van der Waals surface area contributed by atoms with E-state index < -0.39 is 0 Å². The van der Waals surface area contributed by atoms with Crippen LogP contribution in [0.1, 0.15) is 18.9 Å². The molecular formula is C17H18N4O2. The van der Waals surface area contributed by atoms with Crippen molar-refractivity contribution in [2.75, 3.05) is 11.9 Å². The lowest BCUT2D eigenvalue weighted by atomic mass is 10.2. The molecule has 0 aliphatic carbocycles. The average molecular weight is 310 g/mol. The minimum atomic E-state index is 0.439. The third-order valence-corrected chi connectivity index (χ3v) is 3.18. The van der Waals surface area contributed by atoms with Crippen LogP contribution in [-0.2, 0) is 6.54 Å². The van der Waals surface area contributed by atoms with Gasteiger partial charge in [0, 0.05) is 23.9 Å². The first kappa shape index (κ1) is 15.0. The van der Waals surface area contributed by atoms with E-state index >= 15 is 0 Å². The van der Waals surface area contributed by atoms with Gasteiger partial charge in [0.2, 0.25) is 5.88 Å². The molecule has 0 aliphatic rings. The van der Waals surface area contributed by atoms with Gasteiger partial charge in [-0.1, -0.05) is 31.2 Å². The SMILES string of the molecule is CCCOc1ncccc1CNc1noc(-c2ccccc2)n1. The molecule has 0 unspecified atom stereocenters. The summed E-state index contributed by atoms with van der Waals surface area (Å²) in [6.07, 6.45) is 2.66. The van der Waals surface area contributed by atoms with Gasteiger partial charge in [-0.25, -0.2) is 4.98 Å². The number of pyridine rings is 1. The van der Waals surface area contributed by atoms with Crippen LogP contribution in [0, 0.1) is 0 Å². The van der Waals surface area contributed by atoms with Crippen LogP contribution in [0.4, 0.5) is 5.95 Å². The van der Waals surface area contributed by atoms with Crippen LogP contribution in [0.5, 0.6) is 5.88 Å². The summed E-state index contributed by atoms with van der Waals surface area (Å²) in [6, 6.07) is 13.5. The summed E-state index contributed by atoms with van der Waals surface area (Å²) in [5.74, 6) is 1.56. The molecule has 0 radical (unpaired) electrons. The number of benzene rings is 1. The van der Waals surface area contributed by atoms with Crippen molar-refractivity contribution in [2.24, 2.45) is 0 Å². The van der Waals surface area contributed by atoms with Crippen molar-refractivity contribution in [3.05, 3.63) is 54.2 Å². The van der Waals surface area contributed by atoms with Crippen molar-refractivity contribution in [1.29, 1.82) is 0 Å². The minimum Gasteiger partial charge on any atom is -0.477 e. The van der Waals surface area contributed by atoms with Gasteiger partial charge < -0.3 is 14.6 Å². The highest BCUT2D eigenvalue weighted by Gasteiger charge is 2.09. The van der Waals surface area contributed by atoms with Crippen LogP contribution in [0.25, 0.3) is 11.5 Å². The third-order valence-electron chi connectivity index (χ3n) is 3.18. The number of hydrogen-bond donors (Lipinski definition) is 1. The Labute approximate surface area is 134 Å². The highest BCUT2D eigenvalue weighted by atomic mass is 16.5. The maximum absolute atomic E-state index is 5.63. The van der Waals surface area contributed by atoms with E-state index in [0.29, 0.717) is 30.9 Å². The summed E-state index contributed by atoms with van der Waals surface area (Å²) in [7, 11) is 0. The molecule has 0 saturated heterocycles. The van der Waals surface area contributed by atoms with E-state index in [1.54, 1.807) is 6.20 Å². The van der Waals surface area contributed by atoms with Gasteiger partial charge in [-0.3, -0.25) is 0 Å². The van der Waals surface area contributed by atoms with Crippen LogP contribution >= 0.6 is 0 Å². The number of nitrogens with zero attached hydrogens (tertiary/aromatic N) is 3. The standard InChI is InChI=1S/C17H18N4O2/c1-2-11-22-15-14(9-6-10-18-15)12-19-17-20-16(23-21-17)13-7-4-3-5-8-13/h3-10H,2,11-12H2,1H3,(H,19,21). The van der Waals surface area contributed by atoms with Gasteiger partial charge in [0.25, 0.3) is 11.8 Å². The molecule has 0 fully saturated rings. The molecule has 118 valence electrons. The normalized spacial score (nSPS) is 10.5. The predicted octanol–water partition coefficient (Wildman–Crippen LogP) is 3.53. The van der Waals surface area contributed by atoms with Gasteiger partial charge in [0.15, 0.2) is 0 Å². The number of hydrogen-bond acceptors (Lipinski definition) is 6. The van der Waals surface area contributed by atoms with Crippen LogP contribution in [0.2, 0.25) is 0 Å². The maximum Gasteiger partial charge on any atom is 0.264 e. The molecule has 0 saturated carbocycles. The van der Waals surface area contributed by atoms with Crippen molar-refractivity contribution < 1.29 is 9.26 Å². The number of aromatic nitrogens is 3. The largest absolute Gasteiger partial charge is 0.477 e. The first-order valence-corrected chi connectivity index (χ1v) is 7.56. The molecule has 0 spiro atoms. The highest BCUT2D eigenvalue weighted by Crippen LogP contribution is 2.19. The van der Waals surface area contributed by atoms with Crippen molar-refractivity contribution in [2.45, 2.75) is 19.9 Å². The van der Waals surface area contributed by atoms with Crippen molar-refractivity contribution in [1.82, 2.24) is 15.1 Å². The fourth-order valence-electron chi connectivity index (χ4n) is 2.05. The first-order valence-electron chi connectivity index (χ1n) is 7.56. The van der Waals surface area contributed by atoms with Gasteiger partial charge in [0.05, 0.1) is 6.61 Å². The Kier molecular flexibility index (Phi) is 4.83. The zero-order chi connectivity index (χ0) is 15.9. The van der Waals surface area contributed by atoms with Gasteiger partial charge in [-0.05, 0) is 29.8 Å². The second-order valence-electron chi connectivity index (χ2n) is 4.96. The molecule has 23 heavy (non-hydrogen) atoms. The third kappa shape index (κ3) is 3.85. The zero-order valence-corrected chi connectivity index (χ0v) is 12.9. The second-order valence-corrected chi connectivity index (χ2v) is 4.96. The van der Waals surface area contributed by atoms with E-state index in [9.17, 15) is 0 Å². The Hall–Kier alpha value is -2.89. The summed E-state index contributed by atoms with van der Waals surface area (Å²) < 4.78 is 10.9. The lowest BCUT2D eigenvalue weighted by Crippen LogP contribution is -2.06. The van der Waals surface area contributed by atoms with Crippen LogP contribution in [0.15, 0.2) is 53.2 Å². The molecule has 3 rings (SSSR count). The van der Waals surface area contributed by atoms with E-state index in [4.69, 9.17) is 9.26 Å². The Morgan fingerprint density at radius 2 is 2.00 bits per heavy atom. The fraction of sp³-hybridized carbons (Fsp3) is 0.235. The Bertz CT molecular complexity index is 743. The minimum absolute atomic E-state index is 0.439. The van der Waals surface area contributed by atoms with E-state index in [0.717, 1.165) is 17.5 Å². The monoisotopic (exact) mass is 310 g/mol. The smallest absolute Gasteiger partial charge is 0.264 e. The molecule has 2 heterocycles. The van der Waals surface area contributed by atoms with Crippen LogP contribution < -0.4 is 10.1 Å². The summed E-state index contributed by atoms with van der Waals surface area (Å²) >= 11 is 0. The fourth-order valence-corrected chi connectivity index (χ4v) is 2.05. The van der Waals surface area contributed by atoms with Gasteiger partial charge in [-0.15, -0.1) is 0 Å². The molecular weight excluding hydrogens is 292 g/mol. The Morgan fingerprint density at radius 3 is 2.83 bits per heavy atom. The topological polar surface area (TPSA) is 73.1 Å². The molecule has 6 nitrogen and oxygen atoms in total. The van der Waals surface area contributed by atoms with Crippen LogP contribution in [0.3, 0.4) is 0 Å². The maximum atomic E-state index is 5.63. The average Bonchev–Trinajstić information content (AvgIpc) is 3.08. The molecule has 0 aliphatic heterocycles. The second kappa shape index (κ2) is 7.40. The lowest BCUT2D eigenvalue weighted by molar-refractivity contribution is 0.302.